The Bertz CT molecular complexity index is 717. The summed E-state index contributed by atoms with van der Waals surface area (Å²) in [6.07, 6.45) is 8.10. The predicted octanol–water partition coefficient (Wildman–Crippen LogP) is 6.12. The summed E-state index contributed by atoms with van der Waals surface area (Å²) in [6, 6.07) is 33.2. The lowest BCUT2D eigenvalue weighted by molar-refractivity contribution is 0.709. The zero-order valence-corrected chi connectivity index (χ0v) is 18.1. The van der Waals surface area contributed by atoms with Crippen LogP contribution >= 0.6 is 15.8 Å². The van der Waals surface area contributed by atoms with Gasteiger partial charge in [0.1, 0.15) is 0 Å². The molecule has 0 aliphatic heterocycles. The van der Waals surface area contributed by atoms with E-state index in [0.29, 0.717) is 0 Å². The Labute approximate surface area is 167 Å². The van der Waals surface area contributed by atoms with Gasteiger partial charge in [-0.05, 0) is 55.7 Å². The van der Waals surface area contributed by atoms with E-state index < -0.39 is 0 Å². The van der Waals surface area contributed by atoms with E-state index in [2.05, 4.69) is 97.7 Å². The van der Waals surface area contributed by atoms with Crippen molar-refractivity contribution in [3.05, 3.63) is 91.0 Å². The maximum atomic E-state index is 2.43. The number of hydrogen-bond acceptors (Lipinski definition) is 0. The number of hydrogen-bond donors (Lipinski definition) is 0. The molecule has 2 heteroatoms. The molecule has 0 radical (unpaired) electrons. The van der Waals surface area contributed by atoms with Crippen LogP contribution < -0.4 is 15.9 Å². The van der Waals surface area contributed by atoms with Gasteiger partial charge in [-0.25, -0.2) is 0 Å². The van der Waals surface area contributed by atoms with Crippen molar-refractivity contribution in [2.24, 2.45) is 0 Å². The van der Waals surface area contributed by atoms with E-state index in [1.54, 1.807) is 5.30 Å². The minimum Gasteiger partial charge on any atom is -0.0785 e. The molecule has 3 aromatic rings. The summed E-state index contributed by atoms with van der Waals surface area (Å²) in [7, 11) is -0.194. The summed E-state index contributed by atoms with van der Waals surface area (Å²) in [6.45, 7) is 2.43. The second kappa shape index (κ2) is 11.4. The molecule has 3 rings (SSSR count). The van der Waals surface area contributed by atoms with Crippen LogP contribution in [0.1, 0.15) is 25.7 Å². The van der Waals surface area contributed by atoms with Crippen LogP contribution in [0.15, 0.2) is 91.0 Å². The number of rotatable bonds is 10. The van der Waals surface area contributed by atoms with E-state index in [1.807, 2.05) is 0 Å². The minimum atomic E-state index is -0.216. The standard InChI is InChI=1S/C25H30P2/c1-26(23-15-7-4-8-16-23)21-13-2-3-14-22-27(24-17-9-5-10-18-24)25-19-11-6-12-20-25/h4-12,15-20H,2-3,13-14,21-22H2,1H3. The van der Waals surface area contributed by atoms with Crippen LogP contribution in [-0.2, 0) is 0 Å². The molecule has 0 saturated heterocycles. The van der Waals surface area contributed by atoms with Gasteiger partial charge in [-0.2, -0.15) is 0 Å². The zero-order chi connectivity index (χ0) is 18.7. The van der Waals surface area contributed by atoms with Gasteiger partial charge in [-0.3, -0.25) is 0 Å². The molecule has 0 saturated carbocycles. The van der Waals surface area contributed by atoms with Gasteiger partial charge in [-0.1, -0.05) is 112 Å². The maximum Gasteiger partial charge on any atom is -0.0195 e. The fourth-order valence-electron chi connectivity index (χ4n) is 3.41. The molecule has 3 aromatic carbocycles. The van der Waals surface area contributed by atoms with Crippen molar-refractivity contribution >= 4 is 31.8 Å². The molecular formula is C25H30P2. The van der Waals surface area contributed by atoms with Gasteiger partial charge < -0.3 is 0 Å². The van der Waals surface area contributed by atoms with E-state index in [0.717, 1.165) is 0 Å². The first-order chi connectivity index (χ1) is 13.3. The third-order valence-corrected chi connectivity index (χ3v) is 9.73. The third kappa shape index (κ3) is 6.57. The Morgan fingerprint density at radius 2 is 0.889 bits per heavy atom. The summed E-state index contributed by atoms with van der Waals surface area (Å²) >= 11 is 0. The van der Waals surface area contributed by atoms with Crippen LogP contribution in [0.5, 0.6) is 0 Å². The third-order valence-electron chi connectivity index (χ3n) is 4.96. The van der Waals surface area contributed by atoms with Crippen LogP contribution in [0.2, 0.25) is 0 Å². The molecule has 0 amide bonds. The lowest BCUT2D eigenvalue weighted by Crippen LogP contribution is -2.13. The Morgan fingerprint density at radius 3 is 1.37 bits per heavy atom. The van der Waals surface area contributed by atoms with E-state index in [9.17, 15) is 0 Å². The Kier molecular flexibility index (Phi) is 8.54. The summed E-state index contributed by atoms with van der Waals surface area (Å²) in [5.74, 6) is 0. The average Bonchev–Trinajstić information content (AvgIpc) is 2.75. The topological polar surface area (TPSA) is 0 Å². The Hall–Kier alpha value is -1.48. The number of benzene rings is 3. The lowest BCUT2D eigenvalue weighted by Gasteiger charge is -2.19. The van der Waals surface area contributed by atoms with Gasteiger partial charge in [0.25, 0.3) is 0 Å². The molecule has 1 unspecified atom stereocenters. The molecule has 0 N–H and O–H groups in total. The van der Waals surface area contributed by atoms with Crippen molar-refractivity contribution in [1.82, 2.24) is 0 Å². The van der Waals surface area contributed by atoms with E-state index in [-0.39, 0.29) is 15.8 Å². The SMILES string of the molecule is CP(CCCCCCP(c1ccccc1)c1ccccc1)c1ccccc1. The lowest BCUT2D eigenvalue weighted by atomic mass is 10.2. The molecule has 27 heavy (non-hydrogen) atoms. The first-order valence-electron chi connectivity index (χ1n) is 9.98. The van der Waals surface area contributed by atoms with Crippen molar-refractivity contribution in [3.63, 3.8) is 0 Å². The van der Waals surface area contributed by atoms with Gasteiger partial charge in [0.2, 0.25) is 0 Å². The molecule has 0 aromatic heterocycles. The maximum absolute atomic E-state index is 2.43. The molecule has 0 aliphatic carbocycles. The summed E-state index contributed by atoms with van der Waals surface area (Å²) < 4.78 is 0. The second-order valence-electron chi connectivity index (χ2n) is 6.99. The molecule has 0 bridgehead atoms. The molecule has 0 aliphatic rings. The highest BCUT2D eigenvalue weighted by Gasteiger charge is 2.12. The van der Waals surface area contributed by atoms with Crippen molar-refractivity contribution in [1.29, 1.82) is 0 Å². The van der Waals surface area contributed by atoms with Crippen molar-refractivity contribution in [3.8, 4) is 0 Å². The smallest absolute Gasteiger partial charge is 0.0195 e. The first-order valence-corrected chi connectivity index (χ1v) is 13.5. The van der Waals surface area contributed by atoms with Crippen LogP contribution in [0.4, 0.5) is 0 Å². The molecule has 0 heterocycles. The molecule has 1 atom stereocenters. The van der Waals surface area contributed by atoms with Crippen LogP contribution in [0.3, 0.4) is 0 Å². The quantitative estimate of drug-likeness (QED) is 0.288. The Balaban J connectivity index is 1.45. The number of unbranched alkanes of at least 4 members (excludes halogenated alkanes) is 3. The Morgan fingerprint density at radius 1 is 0.481 bits per heavy atom. The highest BCUT2D eigenvalue weighted by Crippen LogP contribution is 2.35. The predicted molar refractivity (Wildman–Crippen MR) is 126 cm³/mol. The fourth-order valence-corrected chi connectivity index (χ4v) is 7.46. The van der Waals surface area contributed by atoms with Crippen molar-refractivity contribution < 1.29 is 0 Å². The summed E-state index contributed by atoms with van der Waals surface area (Å²) in [5.41, 5.74) is 0. The highest BCUT2D eigenvalue weighted by atomic mass is 31.1. The average molecular weight is 392 g/mol. The van der Waals surface area contributed by atoms with Gasteiger partial charge in [-0.15, -0.1) is 0 Å². The fraction of sp³-hybridized carbons (Fsp3) is 0.280. The largest absolute Gasteiger partial charge is 0.0785 e. The van der Waals surface area contributed by atoms with Crippen LogP contribution in [0.25, 0.3) is 0 Å². The summed E-state index contributed by atoms with van der Waals surface area (Å²) in [4.78, 5) is 0. The van der Waals surface area contributed by atoms with Gasteiger partial charge in [0.15, 0.2) is 0 Å². The minimum absolute atomic E-state index is 0.0228. The zero-order valence-electron chi connectivity index (χ0n) is 16.3. The highest BCUT2D eigenvalue weighted by molar-refractivity contribution is 7.73. The van der Waals surface area contributed by atoms with Crippen LogP contribution in [0, 0.1) is 0 Å². The second-order valence-corrected chi connectivity index (χ2v) is 11.7. The molecular weight excluding hydrogens is 362 g/mol. The van der Waals surface area contributed by atoms with E-state index in [4.69, 9.17) is 0 Å². The van der Waals surface area contributed by atoms with E-state index >= 15 is 0 Å². The molecule has 0 spiro atoms. The monoisotopic (exact) mass is 392 g/mol. The molecule has 140 valence electrons. The van der Waals surface area contributed by atoms with Crippen molar-refractivity contribution in [2.75, 3.05) is 19.0 Å². The van der Waals surface area contributed by atoms with E-state index in [1.165, 1.54) is 48.6 Å². The molecule has 0 fully saturated rings. The van der Waals surface area contributed by atoms with Crippen LogP contribution in [-0.4, -0.2) is 19.0 Å². The summed E-state index contributed by atoms with van der Waals surface area (Å²) in [5, 5.41) is 4.57. The van der Waals surface area contributed by atoms with Gasteiger partial charge in [0.05, 0.1) is 0 Å². The van der Waals surface area contributed by atoms with Gasteiger partial charge >= 0.3 is 0 Å². The first kappa shape index (κ1) is 20.3. The van der Waals surface area contributed by atoms with Crippen molar-refractivity contribution in [2.45, 2.75) is 25.7 Å². The normalized spacial score (nSPS) is 12.2. The van der Waals surface area contributed by atoms with Gasteiger partial charge in [0, 0.05) is 0 Å². The molecule has 0 nitrogen and oxygen atoms in total.